The molecule has 4 aliphatic rings. The maximum absolute atomic E-state index is 12.6. The molecule has 22 heteroatoms. The van der Waals surface area contributed by atoms with E-state index in [1.165, 1.54) is 56.3 Å². The van der Waals surface area contributed by atoms with Gasteiger partial charge in [-0.3, -0.25) is 25.3 Å². The van der Waals surface area contributed by atoms with Crippen LogP contribution >= 0.6 is 0 Å². The van der Waals surface area contributed by atoms with Crippen LogP contribution in [0.4, 0.5) is 9.59 Å². The van der Waals surface area contributed by atoms with Crippen LogP contribution in [-0.2, 0) is 23.8 Å². The van der Waals surface area contributed by atoms with Gasteiger partial charge in [0.1, 0.15) is 11.2 Å². The van der Waals surface area contributed by atoms with Gasteiger partial charge in [-0.05, 0) is 182 Å². The Morgan fingerprint density at radius 3 is 1.58 bits per heavy atom. The SMILES string of the molecule is CC1CC=C(OS(C)(=O)=O)N(C(=O)OC(C)(C)C)C1.CC1CC=C(c2ccc3[nH]ncc3c2)N(C(=O)OC(C)(C)C)C1.CC1CC=C(c2ccc3[nH]ncc3c2)NC1.C[C@@H]1CC[C@@H](c2ccc3[nH]ncc3c2)NC1.Cc1ccc2[nH]ncc2c1.[B].[H-].[Na+]. The van der Waals surface area contributed by atoms with E-state index in [2.05, 4.69) is 146 Å². The maximum atomic E-state index is 12.6. The van der Waals surface area contributed by atoms with Gasteiger partial charge in [0.15, 0.2) is 0 Å². The summed E-state index contributed by atoms with van der Waals surface area (Å²) in [5.74, 6) is 2.22. The smallest absolute Gasteiger partial charge is 1.00 e. The summed E-state index contributed by atoms with van der Waals surface area (Å²) in [4.78, 5) is 27.6. The number of allylic oxidation sites excluding steroid dienone is 3. The molecule has 8 aromatic rings. The van der Waals surface area contributed by atoms with Gasteiger partial charge in [0.2, 0.25) is 5.88 Å². The molecule has 6 N–H and O–H groups in total. The number of benzene rings is 4. The number of hydrogen-bond acceptors (Lipinski definition) is 13. The predicted molar refractivity (Wildman–Crippen MR) is 340 cm³/mol. The number of hydrogen-bond donors (Lipinski definition) is 6. The molecule has 19 nitrogen and oxygen atoms in total. The Balaban J connectivity index is 0.000000200. The summed E-state index contributed by atoms with van der Waals surface area (Å²) in [5, 5.41) is 39.5. The van der Waals surface area contributed by atoms with Crippen LogP contribution in [0.3, 0.4) is 0 Å². The Hall–Kier alpha value is -6.91. The maximum Gasteiger partial charge on any atom is 1.00 e. The first kappa shape index (κ1) is 68.2. The number of ether oxygens (including phenoxy) is 2. The van der Waals surface area contributed by atoms with E-state index < -0.39 is 27.4 Å². The zero-order valence-electron chi connectivity index (χ0n) is 53.2. The average molecular weight is 1200 g/mol. The second-order valence-corrected chi connectivity index (χ2v) is 26.4. The predicted octanol–water partition coefficient (Wildman–Crippen LogP) is 10.0. The number of amides is 2. The van der Waals surface area contributed by atoms with E-state index in [1.54, 1.807) is 37.9 Å². The third kappa shape index (κ3) is 19.8. The van der Waals surface area contributed by atoms with E-state index in [9.17, 15) is 18.0 Å². The van der Waals surface area contributed by atoms with Gasteiger partial charge in [-0.2, -0.15) is 28.8 Å². The summed E-state index contributed by atoms with van der Waals surface area (Å²) >= 11 is 0. The van der Waals surface area contributed by atoms with E-state index in [-0.39, 0.29) is 57.3 Å². The molecule has 1 fully saturated rings. The molecule has 5 atom stereocenters. The number of H-pyrrole nitrogens is 4. The number of nitrogens with zero attached hydrogens (tertiary/aromatic N) is 6. The summed E-state index contributed by atoms with van der Waals surface area (Å²) < 4.78 is 38.0. The summed E-state index contributed by atoms with van der Waals surface area (Å²) in [6.07, 6.45) is 18.8. The first-order valence-corrected chi connectivity index (χ1v) is 30.8. The molecular formula is C64H85BN12NaO7S. The number of aryl methyl sites for hydroxylation is 1. The molecule has 86 heavy (non-hydrogen) atoms. The van der Waals surface area contributed by atoms with Crippen LogP contribution in [-0.4, -0.2) is 123 Å². The van der Waals surface area contributed by atoms with Crippen molar-refractivity contribution in [2.75, 3.05) is 32.4 Å². The molecule has 2 amide bonds. The normalized spacial score (nSPS) is 19.5. The van der Waals surface area contributed by atoms with Gasteiger partial charge in [0.05, 0.1) is 58.8 Å². The van der Waals surface area contributed by atoms with Gasteiger partial charge < -0.3 is 25.7 Å². The molecule has 0 spiro atoms. The Labute approximate surface area is 531 Å². The van der Waals surface area contributed by atoms with E-state index in [4.69, 9.17) is 13.7 Å². The fourth-order valence-electron chi connectivity index (χ4n) is 9.99. The minimum absolute atomic E-state index is 0. The second kappa shape index (κ2) is 30.1. The third-order valence-corrected chi connectivity index (χ3v) is 14.9. The first-order valence-electron chi connectivity index (χ1n) is 29.0. The van der Waals surface area contributed by atoms with Crippen LogP contribution in [0.15, 0.2) is 122 Å². The van der Waals surface area contributed by atoms with Crippen LogP contribution in [0, 0.1) is 30.6 Å². The van der Waals surface area contributed by atoms with Gasteiger partial charge in [-0.25, -0.2) is 14.5 Å². The number of carbonyl (C=O) groups is 2. The topological polar surface area (TPSA) is 241 Å². The number of aromatic amines is 4. The standard InChI is InChI=1S/C18H23N3O2.C13H17N3.C13H15N3.C12H21NO5S.C8H8N2.B.Na.H/c1-12-5-8-16(21(11-12)17(22)23-18(2,3)4)13-6-7-15-14(9-13)10-19-20-15;2*1-9-2-4-12(14-7-9)10-3-5-13-11(6-10)8-15-16-13;1-9-6-7-10(18-19(5,15)16)13(8-9)11(14)17-12(2,3)4;1-6-2-3-8-7(4-6)5-9-10-8;;;/h6-10,12H,5,11H2,1-4H3,(H,19,20);3,5-6,8-9,12,14H,2,4,7H2,1H3,(H,15,16);3-6,8-9,14H,2,7H2,1H3,(H,15,16);7,9H,6,8H2,1-5H3;2-5H,1H3,(H,9,10);;;/q;;;;;;+1;-1/t;9-,12+;;;;;;/m.1....../s1. The molecule has 0 aliphatic carbocycles. The monoisotopic (exact) mass is 1200 g/mol. The van der Waals surface area contributed by atoms with Crippen LogP contribution < -0.4 is 40.2 Å². The molecule has 12 rings (SSSR count). The summed E-state index contributed by atoms with van der Waals surface area (Å²) in [7, 11) is -3.67. The van der Waals surface area contributed by atoms with Crippen molar-refractivity contribution in [2.24, 2.45) is 23.7 Å². The number of aromatic nitrogens is 8. The Morgan fingerprint density at radius 2 is 1.06 bits per heavy atom. The molecule has 4 aromatic carbocycles. The number of nitrogens with one attached hydrogen (secondary N) is 6. The summed E-state index contributed by atoms with van der Waals surface area (Å²) in [5.41, 5.74) is 10.2. The van der Waals surface area contributed by atoms with E-state index in [0.29, 0.717) is 31.5 Å². The fraction of sp³-hybridized carbons (Fsp3) is 0.438. The van der Waals surface area contributed by atoms with Crippen molar-refractivity contribution in [3.63, 3.8) is 0 Å². The van der Waals surface area contributed by atoms with E-state index >= 15 is 0 Å². The molecule has 0 bridgehead atoms. The van der Waals surface area contributed by atoms with E-state index in [0.717, 1.165) is 82.7 Å². The summed E-state index contributed by atoms with van der Waals surface area (Å²) in [6, 6.07) is 25.8. The van der Waals surface area contributed by atoms with Crippen molar-refractivity contribution in [1.82, 2.24) is 61.2 Å². The quantitative estimate of drug-likeness (QED) is 0.0695. The van der Waals surface area contributed by atoms with Gasteiger partial charge in [0.25, 0.3) is 0 Å². The Kier molecular flexibility index (Phi) is 23.9. The van der Waals surface area contributed by atoms with Gasteiger partial charge in [-0.1, -0.05) is 69.7 Å². The van der Waals surface area contributed by atoms with Gasteiger partial charge >= 0.3 is 51.9 Å². The van der Waals surface area contributed by atoms with Crippen LogP contribution in [0.25, 0.3) is 55.0 Å². The van der Waals surface area contributed by atoms with Crippen LogP contribution in [0.2, 0.25) is 0 Å². The molecule has 1 saturated heterocycles. The largest absolute Gasteiger partial charge is 1.00 e. The van der Waals surface area contributed by atoms with Crippen molar-refractivity contribution < 1.29 is 62.6 Å². The second-order valence-electron chi connectivity index (χ2n) is 24.8. The number of fused-ring (bicyclic) bond motifs is 4. The van der Waals surface area contributed by atoms with Crippen molar-refractivity contribution in [3.8, 4) is 0 Å². The van der Waals surface area contributed by atoms with Crippen molar-refractivity contribution in [2.45, 2.75) is 126 Å². The summed E-state index contributed by atoms with van der Waals surface area (Å²) in [6.45, 7) is 24.9. The van der Waals surface area contributed by atoms with Gasteiger partial charge in [0, 0.05) is 61.3 Å². The Bertz CT molecular complexity index is 3740. The zero-order valence-corrected chi connectivity index (χ0v) is 55.1. The number of rotatable bonds is 5. The molecule has 3 unspecified atom stereocenters. The molecular weight excluding hydrogens is 1110 g/mol. The Morgan fingerprint density at radius 1 is 0.581 bits per heavy atom. The van der Waals surface area contributed by atoms with Gasteiger partial charge in [-0.15, -0.1) is 0 Å². The molecule has 0 saturated carbocycles. The fourth-order valence-corrected chi connectivity index (χ4v) is 10.5. The first-order chi connectivity index (χ1) is 39.8. The molecule has 8 heterocycles. The van der Waals surface area contributed by atoms with Crippen molar-refractivity contribution >= 4 is 85.7 Å². The van der Waals surface area contributed by atoms with Crippen LogP contribution in [0.5, 0.6) is 0 Å². The van der Waals surface area contributed by atoms with Crippen LogP contribution in [0.1, 0.15) is 131 Å². The number of piperidine rings is 1. The van der Waals surface area contributed by atoms with Crippen molar-refractivity contribution in [1.29, 1.82) is 0 Å². The zero-order chi connectivity index (χ0) is 60.3. The minimum Gasteiger partial charge on any atom is -1.00 e. The molecule has 453 valence electrons. The third-order valence-electron chi connectivity index (χ3n) is 14.4. The van der Waals surface area contributed by atoms with E-state index in [1.807, 2.05) is 64.5 Å². The van der Waals surface area contributed by atoms with Crippen molar-refractivity contribution in [3.05, 3.63) is 144 Å². The minimum atomic E-state index is -3.67. The average Bonchev–Trinajstić information content (AvgIpc) is 3.36. The molecule has 4 aromatic heterocycles. The number of carbonyl (C=O) groups excluding carboxylic acids is 2. The molecule has 3 radical (unpaired) electrons. The molecule has 4 aliphatic heterocycles.